The van der Waals surface area contributed by atoms with Crippen LogP contribution in [0.15, 0.2) is 18.2 Å². The molecule has 0 unspecified atom stereocenters. The number of methoxy groups -OCH3 is 1. The van der Waals surface area contributed by atoms with E-state index < -0.39 is 0 Å². The summed E-state index contributed by atoms with van der Waals surface area (Å²) in [7, 11) is 1.72. The van der Waals surface area contributed by atoms with Crippen molar-refractivity contribution in [1.82, 2.24) is 5.32 Å². The number of ether oxygens (including phenoxy) is 1. The molecule has 0 radical (unpaired) electrons. The van der Waals surface area contributed by atoms with Gasteiger partial charge in [-0.15, -0.1) is 0 Å². The van der Waals surface area contributed by atoms with Gasteiger partial charge in [0.15, 0.2) is 0 Å². The molecule has 1 rings (SSSR count). The minimum atomic E-state index is 0.559. The van der Waals surface area contributed by atoms with E-state index in [1.165, 1.54) is 16.7 Å². The fourth-order valence-electron chi connectivity index (χ4n) is 1.88. The number of benzene rings is 1. The highest BCUT2D eigenvalue weighted by molar-refractivity contribution is 5.57. The molecule has 0 saturated carbocycles. The quantitative estimate of drug-likeness (QED) is 0.774. The third-order valence-electron chi connectivity index (χ3n) is 2.94. The smallest absolute Gasteiger partial charge is 0.122 e. The lowest BCUT2D eigenvalue weighted by Crippen LogP contribution is -2.23. The molecular formula is C16H25NO. The molecule has 1 aromatic carbocycles. The van der Waals surface area contributed by atoms with E-state index >= 15 is 0 Å². The van der Waals surface area contributed by atoms with Crippen molar-refractivity contribution < 1.29 is 4.74 Å². The first-order chi connectivity index (χ1) is 8.54. The largest absolute Gasteiger partial charge is 0.496 e. The van der Waals surface area contributed by atoms with Crippen molar-refractivity contribution in [2.24, 2.45) is 0 Å². The Morgan fingerprint density at radius 1 is 1.22 bits per heavy atom. The van der Waals surface area contributed by atoms with Crippen molar-refractivity contribution in [3.05, 3.63) is 34.9 Å². The Balaban J connectivity index is 2.62. The molecule has 2 nitrogen and oxygen atoms in total. The standard InChI is InChI=1S/C16H25NO/c1-12(2)17-9-7-6-8-15-10-14(4)16(18-5)11-13(15)3/h6,8,10-12,17H,7,9H2,1-5H3/b8-6+. The molecule has 1 aromatic rings. The Labute approximate surface area is 111 Å². The van der Waals surface area contributed by atoms with E-state index in [1.54, 1.807) is 7.11 Å². The molecule has 0 amide bonds. The molecule has 0 aliphatic heterocycles. The summed E-state index contributed by atoms with van der Waals surface area (Å²) in [5.41, 5.74) is 3.71. The highest BCUT2D eigenvalue weighted by atomic mass is 16.5. The van der Waals surface area contributed by atoms with Crippen LogP contribution in [0.5, 0.6) is 5.75 Å². The van der Waals surface area contributed by atoms with Gasteiger partial charge in [0, 0.05) is 6.04 Å². The second-order valence-corrected chi connectivity index (χ2v) is 4.98. The zero-order chi connectivity index (χ0) is 13.5. The van der Waals surface area contributed by atoms with Crippen LogP contribution in [0, 0.1) is 13.8 Å². The molecule has 0 fully saturated rings. The van der Waals surface area contributed by atoms with Crippen molar-refractivity contribution in [3.63, 3.8) is 0 Å². The molecule has 0 spiro atoms. The van der Waals surface area contributed by atoms with Gasteiger partial charge in [0.05, 0.1) is 7.11 Å². The Bertz CT molecular complexity index is 408. The fraction of sp³-hybridized carbons (Fsp3) is 0.500. The zero-order valence-corrected chi connectivity index (χ0v) is 12.2. The van der Waals surface area contributed by atoms with Gasteiger partial charge in [0.2, 0.25) is 0 Å². The van der Waals surface area contributed by atoms with E-state index in [1.807, 2.05) is 0 Å². The van der Waals surface area contributed by atoms with Crippen LogP contribution in [0.25, 0.3) is 6.08 Å². The number of aryl methyl sites for hydroxylation is 2. The average Bonchev–Trinajstić information content (AvgIpc) is 2.32. The Hall–Kier alpha value is -1.28. The van der Waals surface area contributed by atoms with Crippen molar-refractivity contribution >= 4 is 6.08 Å². The SMILES string of the molecule is COc1cc(C)c(/C=C/CCNC(C)C)cc1C. The summed E-state index contributed by atoms with van der Waals surface area (Å²) in [5.74, 6) is 0.964. The molecule has 0 heterocycles. The van der Waals surface area contributed by atoms with Crippen LogP contribution >= 0.6 is 0 Å². The van der Waals surface area contributed by atoms with Crippen LogP contribution in [-0.2, 0) is 0 Å². The third kappa shape index (κ3) is 4.53. The molecule has 0 aromatic heterocycles. The van der Waals surface area contributed by atoms with Crippen LogP contribution in [0.2, 0.25) is 0 Å². The summed E-state index contributed by atoms with van der Waals surface area (Å²) in [6, 6.07) is 4.84. The van der Waals surface area contributed by atoms with E-state index in [9.17, 15) is 0 Å². The van der Waals surface area contributed by atoms with Gasteiger partial charge in [-0.05, 0) is 55.6 Å². The normalized spacial score (nSPS) is 11.4. The second-order valence-electron chi connectivity index (χ2n) is 4.98. The molecule has 18 heavy (non-hydrogen) atoms. The van der Waals surface area contributed by atoms with Crippen LogP contribution in [0.4, 0.5) is 0 Å². The van der Waals surface area contributed by atoms with E-state index in [0.29, 0.717) is 6.04 Å². The molecule has 0 aliphatic rings. The summed E-state index contributed by atoms with van der Waals surface area (Å²) in [5, 5.41) is 3.40. The first-order valence-electron chi connectivity index (χ1n) is 6.59. The zero-order valence-electron chi connectivity index (χ0n) is 12.2. The van der Waals surface area contributed by atoms with E-state index in [4.69, 9.17) is 4.74 Å². The number of nitrogens with one attached hydrogen (secondary N) is 1. The monoisotopic (exact) mass is 247 g/mol. The molecule has 1 N–H and O–H groups in total. The van der Waals surface area contributed by atoms with Gasteiger partial charge < -0.3 is 10.1 Å². The van der Waals surface area contributed by atoms with E-state index in [0.717, 1.165) is 18.7 Å². The molecule has 100 valence electrons. The number of rotatable bonds is 6. The van der Waals surface area contributed by atoms with Gasteiger partial charge >= 0.3 is 0 Å². The predicted octanol–water partition coefficient (Wildman–Crippen LogP) is 3.71. The predicted molar refractivity (Wildman–Crippen MR) is 79.3 cm³/mol. The third-order valence-corrected chi connectivity index (χ3v) is 2.94. The minimum absolute atomic E-state index is 0.559. The van der Waals surface area contributed by atoms with Gasteiger partial charge in [-0.2, -0.15) is 0 Å². The molecule has 0 aliphatic carbocycles. The fourth-order valence-corrected chi connectivity index (χ4v) is 1.88. The summed E-state index contributed by atoms with van der Waals surface area (Å²) in [6.45, 7) is 9.56. The second kappa shape index (κ2) is 7.22. The molecule has 0 bridgehead atoms. The highest BCUT2D eigenvalue weighted by Gasteiger charge is 2.02. The van der Waals surface area contributed by atoms with E-state index in [-0.39, 0.29) is 0 Å². The first kappa shape index (κ1) is 14.8. The summed E-state index contributed by atoms with van der Waals surface area (Å²) in [4.78, 5) is 0. The van der Waals surface area contributed by atoms with Crippen molar-refractivity contribution in [2.75, 3.05) is 13.7 Å². The van der Waals surface area contributed by atoms with Gasteiger partial charge in [-0.1, -0.05) is 26.0 Å². The Morgan fingerprint density at radius 3 is 2.56 bits per heavy atom. The topological polar surface area (TPSA) is 21.3 Å². The van der Waals surface area contributed by atoms with Gasteiger partial charge in [0.25, 0.3) is 0 Å². The lowest BCUT2D eigenvalue weighted by Gasteiger charge is -2.09. The molecule has 0 saturated heterocycles. The first-order valence-corrected chi connectivity index (χ1v) is 6.59. The minimum Gasteiger partial charge on any atom is -0.496 e. The van der Waals surface area contributed by atoms with Crippen molar-refractivity contribution in [2.45, 2.75) is 40.2 Å². The van der Waals surface area contributed by atoms with Crippen molar-refractivity contribution in [3.8, 4) is 5.75 Å². The maximum atomic E-state index is 5.32. The maximum absolute atomic E-state index is 5.32. The molecule has 0 atom stereocenters. The maximum Gasteiger partial charge on any atom is 0.122 e. The number of hydrogen-bond acceptors (Lipinski definition) is 2. The van der Waals surface area contributed by atoms with Crippen LogP contribution in [0.3, 0.4) is 0 Å². The summed E-state index contributed by atoms with van der Waals surface area (Å²) in [6.07, 6.45) is 5.48. The lowest BCUT2D eigenvalue weighted by atomic mass is 10.0. The van der Waals surface area contributed by atoms with E-state index in [2.05, 4.69) is 57.3 Å². The summed E-state index contributed by atoms with van der Waals surface area (Å²) < 4.78 is 5.32. The van der Waals surface area contributed by atoms with Crippen molar-refractivity contribution in [1.29, 1.82) is 0 Å². The Kier molecular flexibility index (Phi) is 5.93. The highest BCUT2D eigenvalue weighted by Crippen LogP contribution is 2.23. The number of hydrogen-bond donors (Lipinski definition) is 1. The van der Waals surface area contributed by atoms with Crippen LogP contribution in [0.1, 0.15) is 37.0 Å². The average molecular weight is 247 g/mol. The summed E-state index contributed by atoms with van der Waals surface area (Å²) >= 11 is 0. The van der Waals surface area contributed by atoms with Crippen LogP contribution < -0.4 is 10.1 Å². The molecule has 2 heteroatoms. The lowest BCUT2D eigenvalue weighted by molar-refractivity contribution is 0.411. The Morgan fingerprint density at radius 2 is 1.94 bits per heavy atom. The van der Waals surface area contributed by atoms with Gasteiger partial charge in [0.1, 0.15) is 5.75 Å². The van der Waals surface area contributed by atoms with Crippen LogP contribution in [-0.4, -0.2) is 19.7 Å². The van der Waals surface area contributed by atoms with Gasteiger partial charge in [-0.25, -0.2) is 0 Å². The molecular weight excluding hydrogens is 222 g/mol. The van der Waals surface area contributed by atoms with Gasteiger partial charge in [-0.3, -0.25) is 0 Å².